The van der Waals surface area contributed by atoms with Crippen LogP contribution in [0.5, 0.6) is 0 Å². The molecule has 182 valence electrons. The fourth-order valence-corrected chi connectivity index (χ4v) is 3.27. The van der Waals surface area contributed by atoms with E-state index < -0.39 is 35.7 Å². The van der Waals surface area contributed by atoms with Gasteiger partial charge < -0.3 is 30.4 Å². The van der Waals surface area contributed by atoms with E-state index in [0.29, 0.717) is 17.0 Å². The number of carbonyl (C=O) groups is 3. The number of nitrogens with zero attached hydrogens (tertiary/aromatic N) is 2. The van der Waals surface area contributed by atoms with Crippen LogP contribution in [0, 0.1) is 5.92 Å². The maximum Gasteiger partial charge on any atom is 0.408 e. The van der Waals surface area contributed by atoms with Crippen molar-refractivity contribution in [2.24, 2.45) is 13.0 Å². The Hall–Kier alpha value is -3.30. The number of hydrogen-bond acceptors (Lipinski definition) is 7. The highest BCUT2D eigenvalue weighted by Crippen LogP contribution is 2.19. The normalized spacial score (nSPS) is 13.5. The standard InChI is InChI=1S/C23H35N5O5/c1-8-32-21(30)19(13(2)3)27-20(29)16(26-22(31)33-23(4,5)6)12-18-25-15-11-14(24)9-10-17(15)28(18)7/h9-11,13,16,19H,8,12,24H2,1-7H3,(H,26,31)(H,27,29)/t16-,19-/m0/s1. The fourth-order valence-electron chi connectivity index (χ4n) is 3.27. The Labute approximate surface area is 194 Å². The SMILES string of the molecule is CCOC(=O)[C@@H](NC(=O)[C@H](Cc1nc2cc(N)ccc2n1C)NC(=O)OC(C)(C)C)C(C)C. The molecule has 0 radical (unpaired) electrons. The molecule has 0 bridgehead atoms. The number of carbonyl (C=O) groups excluding carboxylic acids is 3. The molecule has 0 spiro atoms. The summed E-state index contributed by atoms with van der Waals surface area (Å²) in [6, 6.07) is 3.45. The first-order chi connectivity index (χ1) is 15.3. The van der Waals surface area contributed by atoms with Crippen LogP contribution in [0.3, 0.4) is 0 Å². The van der Waals surface area contributed by atoms with Crippen molar-refractivity contribution in [3.8, 4) is 0 Å². The van der Waals surface area contributed by atoms with E-state index in [0.717, 1.165) is 5.52 Å². The number of nitrogens with one attached hydrogen (secondary N) is 2. The van der Waals surface area contributed by atoms with Crippen LogP contribution in [-0.4, -0.2) is 51.8 Å². The van der Waals surface area contributed by atoms with Crippen LogP contribution >= 0.6 is 0 Å². The summed E-state index contributed by atoms with van der Waals surface area (Å²) in [6.45, 7) is 10.7. The molecule has 2 aromatic rings. The number of imidazole rings is 1. The molecular formula is C23H35N5O5. The van der Waals surface area contributed by atoms with Crippen LogP contribution in [0.25, 0.3) is 11.0 Å². The van der Waals surface area contributed by atoms with E-state index in [4.69, 9.17) is 15.2 Å². The molecule has 2 rings (SSSR count). The van der Waals surface area contributed by atoms with E-state index in [1.807, 2.05) is 17.7 Å². The summed E-state index contributed by atoms with van der Waals surface area (Å²) in [6.07, 6.45) is -0.674. The van der Waals surface area contributed by atoms with Crippen molar-refractivity contribution in [3.05, 3.63) is 24.0 Å². The summed E-state index contributed by atoms with van der Waals surface area (Å²) >= 11 is 0. The summed E-state index contributed by atoms with van der Waals surface area (Å²) in [7, 11) is 1.82. The number of amides is 2. The number of esters is 1. The smallest absolute Gasteiger partial charge is 0.408 e. The van der Waals surface area contributed by atoms with Gasteiger partial charge in [-0.1, -0.05) is 13.8 Å². The minimum absolute atomic E-state index is 0.0732. The maximum absolute atomic E-state index is 13.2. The van der Waals surface area contributed by atoms with E-state index in [9.17, 15) is 14.4 Å². The van der Waals surface area contributed by atoms with E-state index in [-0.39, 0.29) is 18.9 Å². The zero-order chi connectivity index (χ0) is 24.9. The molecule has 0 fully saturated rings. The number of benzene rings is 1. The second-order valence-corrected chi connectivity index (χ2v) is 9.22. The molecule has 0 aliphatic heterocycles. The third kappa shape index (κ3) is 7.10. The Balaban J connectivity index is 2.33. The summed E-state index contributed by atoms with van der Waals surface area (Å²) < 4.78 is 12.3. The Morgan fingerprint density at radius 2 is 1.85 bits per heavy atom. The third-order valence-electron chi connectivity index (χ3n) is 4.90. The summed E-state index contributed by atoms with van der Waals surface area (Å²) in [5.41, 5.74) is 7.20. The molecule has 0 aliphatic carbocycles. The topological polar surface area (TPSA) is 138 Å². The van der Waals surface area contributed by atoms with Gasteiger partial charge >= 0.3 is 12.1 Å². The van der Waals surface area contributed by atoms with Gasteiger partial charge in [0.1, 0.15) is 23.5 Å². The van der Waals surface area contributed by atoms with Crippen molar-refractivity contribution in [1.82, 2.24) is 20.2 Å². The van der Waals surface area contributed by atoms with Crippen molar-refractivity contribution < 1.29 is 23.9 Å². The molecule has 10 nitrogen and oxygen atoms in total. The zero-order valence-corrected chi connectivity index (χ0v) is 20.4. The van der Waals surface area contributed by atoms with Crippen molar-refractivity contribution in [1.29, 1.82) is 0 Å². The number of nitrogen functional groups attached to an aromatic ring is 1. The molecule has 0 saturated heterocycles. The molecule has 0 saturated carbocycles. The number of ether oxygens (including phenoxy) is 2. The first-order valence-corrected chi connectivity index (χ1v) is 11.0. The average Bonchev–Trinajstić information content (AvgIpc) is 2.98. The van der Waals surface area contributed by atoms with E-state index in [1.165, 1.54) is 0 Å². The number of fused-ring (bicyclic) bond motifs is 1. The van der Waals surface area contributed by atoms with Crippen LogP contribution in [0.4, 0.5) is 10.5 Å². The number of rotatable bonds is 8. The largest absolute Gasteiger partial charge is 0.464 e. The van der Waals surface area contributed by atoms with Gasteiger partial charge in [-0.05, 0) is 51.8 Å². The first-order valence-electron chi connectivity index (χ1n) is 11.0. The lowest BCUT2D eigenvalue weighted by Gasteiger charge is -2.26. The molecule has 0 unspecified atom stereocenters. The van der Waals surface area contributed by atoms with Crippen LogP contribution in [0.2, 0.25) is 0 Å². The lowest BCUT2D eigenvalue weighted by atomic mass is 10.0. The van der Waals surface area contributed by atoms with Crippen LogP contribution in [-0.2, 0) is 32.5 Å². The first kappa shape index (κ1) is 26.0. The summed E-state index contributed by atoms with van der Waals surface area (Å²) in [5, 5.41) is 5.33. The van der Waals surface area contributed by atoms with Crippen molar-refractivity contribution in [2.75, 3.05) is 12.3 Å². The van der Waals surface area contributed by atoms with Gasteiger partial charge in [0.2, 0.25) is 5.91 Å². The van der Waals surface area contributed by atoms with Gasteiger partial charge in [-0.2, -0.15) is 0 Å². The quantitative estimate of drug-likeness (QED) is 0.405. The van der Waals surface area contributed by atoms with Gasteiger partial charge in [0.25, 0.3) is 0 Å². The minimum atomic E-state index is -1.04. The number of hydrogen-bond donors (Lipinski definition) is 3. The molecule has 33 heavy (non-hydrogen) atoms. The number of nitrogens with two attached hydrogens (primary N) is 1. The molecule has 1 heterocycles. The van der Waals surface area contributed by atoms with Crippen LogP contribution in [0.15, 0.2) is 18.2 Å². The third-order valence-corrected chi connectivity index (χ3v) is 4.90. The minimum Gasteiger partial charge on any atom is -0.464 e. The fraction of sp³-hybridized carbons (Fsp3) is 0.565. The number of aryl methyl sites for hydroxylation is 1. The molecule has 1 aromatic carbocycles. The Morgan fingerprint density at radius 3 is 2.42 bits per heavy atom. The van der Waals surface area contributed by atoms with Gasteiger partial charge in [0.05, 0.1) is 17.6 Å². The number of alkyl carbamates (subject to hydrolysis) is 1. The Kier molecular flexibility index (Phi) is 8.29. The Bertz CT molecular complexity index is 1010. The van der Waals surface area contributed by atoms with E-state index in [1.54, 1.807) is 53.7 Å². The molecule has 2 amide bonds. The lowest BCUT2D eigenvalue weighted by Crippen LogP contribution is -2.55. The van der Waals surface area contributed by atoms with Crippen LogP contribution in [0.1, 0.15) is 47.4 Å². The summed E-state index contributed by atoms with van der Waals surface area (Å²) in [4.78, 5) is 42.6. The maximum atomic E-state index is 13.2. The molecule has 2 atom stereocenters. The highest BCUT2D eigenvalue weighted by Gasteiger charge is 2.31. The highest BCUT2D eigenvalue weighted by atomic mass is 16.6. The number of aromatic nitrogens is 2. The second-order valence-electron chi connectivity index (χ2n) is 9.22. The second kappa shape index (κ2) is 10.5. The van der Waals surface area contributed by atoms with Gasteiger partial charge in [-0.25, -0.2) is 14.6 Å². The lowest BCUT2D eigenvalue weighted by molar-refractivity contribution is -0.148. The van der Waals surface area contributed by atoms with Crippen LogP contribution < -0.4 is 16.4 Å². The van der Waals surface area contributed by atoms with E-state index in [2.05, 4.69) is 15.6 Å². The molecule has 10 heteroatoms. The number of anilines is 1. The molecular weight excluding hydrogens is 426 g/mol. The van der Waals surface area contributed by atoms with Gasteiger partial charge in [-0.3, -0.25) is 4.79 Å². The molecule has 4 N–H and O–H groups in total. The van der Waals surface area contributed by atoms with Crippen molar-refractivity contribution >= 4 is 34.7 Å². The molecule has 0 aliphatic rings. The highest BCUT2D eigenvalue weighted by molar-refractivity contribution is 5.90. The monoisotopic (exact) mass is 461 g/mol. The predicted molar refractivity (Wildman–Crippen MR) is 125 cm³/mol. The Morgan fingerprint density at radius 1 is 1.18 bits per heavy atom. The van der Waals surface area contributed by atoms with Gasteiger partial charge in [0, 0.05) is 19.2 Å². The average molecular weight is 462 g/mol. The molecule has 1 aromatic heterocycles. The van der Waals surface area contributed by atoms with Gasteiger partial charge in [0.15, 0.2) is 0 Å². The van der Waals surface area contributed by atoms with Gasteiger partial charge in [-0.15, -0.1) is 0 Å². The van der Waals surface area contributed by atoms with Crippen molar-refractivity contribution in [2.45, 2.75) is 65.6 Å². The predicted octanol–water partition coefficient (Wildman–Crippen LogP) is 2.30. The van der Waals surface area contributed by atoms with Crippen molar-refractivity contribution in [3.63, 3.8) is 0 Å². The summed E-state index contributed by atoms with van der Waals surface area (Å²) in [5.74, 6) is -0.729. The van der Waals surface area contributed by atoms with E-state index >= 15 is 0 Å². The zero-order valence-electron chi connectivity index (χ0n) is 20.4.